The molecule has 0 bridgehead atoms. The summed E-state index contributed by atoms with van der Waals surface area (Å²) in [6, 6.07) is 2.36. The summed E-state index contributed by atoms with van der Waals surface area (Å²) in [6.45, 7) is 0. The van der Waals surface area contributed by atoms with E-state index in [0.29, 0.717) is 6.07 Å². The first-order chi connectivity index (χ1) is 5.65. The van der Waals surface area contributed by atoms with Crippen molar-refractivity contribution < 1.29 is 18.4 Å². The first-order valence-electron chi connectivity index (χ1n) is 3.09. The largest absolute Gasteiger partial charge is 0.294 e. The standard InChI is InChI=1S/C8H4F2O2/c9-5-1-2-7(10)6(3-5)8(12)4-11/h1-4H. The molecule has 2 nitrogen and oxygen atoms in total. The molecule has 0 aliphatic heterocycles. The van der Waals surface area contributed by atoms with Crippen molar-refractivity contribution in [1.82, 2.24) is 0 Å². The lowest BCUT2D eigenvalue weighted by Gasteiger charge is -1.95. The molecule has 12 heavy (non-hydrogen) atoms. The van der Waals surface area contributed by atoms with Gasteiger partial charge in [0, 0.05) is 0 Å². The van der Waals surface area contributed by atoms with Crippen LogP contribution >= 0.6 is 0 Å². The van der Waals surface area contributed by atoms with Crippen LogP contribution in [0.3, 0.4) is 0 Å². The lowest BCUT2D eigenvalue weighted by atomic mass is 10.1. The van der Waals surface area contributed by atoms with Crippen molar-refractivity contribution in [2.45, 2.75) is 0 Å². The molecule has 0 aliphatic carbocycles. The second kappa shape index (κ2) is 3.21. The third-order valence-corrected chi connectivity index (χ3v) is 1.30. The zero-order valence-corrected chi connectivity index (χ0v) is 5.88. The van der Waals surface area contributed by atoms with E-state index in [0.717, 1.165) is 12.1 Å². The molecule has 0 saturated carbocycles. The van der Waals surface area contributed by atoms with Gasteiger partial charge >= 0.3 is 0 Å². The summed E-state index contributed by atoms with van der Waals surface area (Å²) >= 11 is 0. The second-order valence-corrected chi connectivity index (χ2v) is 2.11. The smallest absolute Gasteiger partial charge is 0.228 e. The SMILES string of the molecule is O=CC(=O)c1cc(F)ccc1F. The van der Waals surface area contributed by atoms with Crippen molar-refractivity contribution in [3.05, 3.63) is 35.4 Å². The molecule has 0 N–H and O–H groups in total. The van der Waals surface area contributed by atoms with Crippen molar-refractivity contribution in [2.24, 2.45) is 0 Å². The topological polar surface area (TPSA) is 34.1 Å². The molecule has 4 heteroatoms. The van der Waals surface area contributed by atoms with Crippen molar-refractivity contribution in [2.75, 3.05) is 0 Å². The van der Waals surface area contributed by atoms with Gasteiger partial charge in [-0.15, -0.1) is 0 Å². The van der Waals surface area contributed by atoms with Gasteiger partial charge in [0.1, 0.15) is 11.6 Å². The number of aldehydes is 1. The van der Waals surface area contributed by atoms with Gasteiger partial charge in [-0.3, -0.25) is 9.59 Å². The Balaban J connectivity index is 3.22. The van der Waals surface area contributed by atoms with E-state index in [-0.39, 0.29) is 6.29 Å². The van der Waals surface area contributed by atoms with Crippen LogP contribution in [0.2, 0.25) is 0 Å². The van der Waals surface area contributed by atoms with E-state index in [4.69, 9.17) is 0 Å². The average Bonchev–Trinajstić information content (AvgIpc) is 2.08. The molecule has 1 aromatic rings. The molecule has 0 amide bonds. The molecular formula is C8H4F2O2. The van der Waals surface area contributed by atoms with Gasteiger partial charge in [0.2, 0.25) is 5.78 Å². The molecule has 62 valence electrons. The molecule has 0 radical (unpaired) electrons. The fourth-order valence-corrected chi connectivity index (χ4v) is 0.750. The summed E-state index contributed by atoms with van der Waals surface area (Å²) < 4.78 is 25.1. The maximum atomic E-state index is 12.7. The highest BCUT2D eigenvalue weighted by Crippen LogP contribution is 2.09. The van der Waals surface area contributed by atoms with E-state index in [9.17, 15) is 18.4 Å². The van der Waals surface area contributed by atoms with Gasteiger partial charge in [0.15, 0.2) is 6.29 Å². The van der Waals surface area contributed by atoms with E-state index in [2.05, 4.69) is 0 Å². The highest BCUT2D eigenvalue weighted by Gasteiger charge is 2.10. The summed E-state index contributed by atoms with van der Waals surface area (Å²) in [5.74, 6) is -2.71. The Bertz CT molecular complexity index is 334. The highest BCUT2D eigenvalue weighted by molar-refractivity contribution is 6.33. The van der Waals surface area contributed by atoms with Crippen molar-refractivity contribution >= 4 is 12.1 Å². The van der Waals surface area contributed by atoms with Crippen molar-refractivity contribution in [3.8, 4) is 0 Å². The summed E-state index contributed by atoms with van der Waals surface area (Å²) in [5.41, 5.74) is -0.537. The first kappa shape index (κ1) is 8.52. The van der Waals surface area contributed by atoms with Gasteiger partial charge in [-0.2, -0.15) is 0 Å². The molecule has 0 unspecified atom stereocenters. The lowest BCUT2D eigenvalue weighted by Crippen LogP contribution is -2.03. The van der Waals surface area contributed by atoms with Crippen LogP contribution in [0.15, 0.2) is 18.2 Å². The molecular weight excluding hydrogens is 166 g/mol. The van der Waals surface area contributed by atoms with Crippen molar-refractivity contribution in [3.63, 3.8) is 0 Å². The van der Waals surface area contributed by atoms with Gasteiger partial charge in [-0.05, 0) is 18.2 Å². The zero-order valence-electron chi connectivity index (χ0n) is 5.88. The van der Waals surface area contributed by atoms with Gasteiger partial charge in [0.05, 0.1) is 5.56 Å². The molecule has 0 saturated heterocycles. The van der Waals surface area contributed by atoms with E-state index in [1.165, 1.54) is 0 Å². The number of benzene rings is 1. The van der Waals surface area contributed by atoms with E-state index >= 15 is 0 Å². The molecule has 0 atom stereocenters. The quantitative estimate of drug-likeness (QED) is 0.381. The average molecular weight is 170 g/mol. The molecule has 1 aromatic carbocycles. The predicted molar refractivity (Wildman–Crippen MR) is 36.8 cm³/mol. The fraction of sp³-hybridized carbons (Fsp3) is 0. The number of carbonyl (C=O) groups excluding carboxylic acids is 2. The second-order valence-electron chi connectivity index (χ2n) is 2.11. The van der Waals surface area contributed by atoms with Crippen LogP contribution in [0.25, 0.3) is 0 Å². The van der Waals surface area contributed by atoms with Crippen LogP contribution < -0.4 is 0 Å². The summed E-state index contributed by atoms with van der Waals surface area (Å²) in [6.07, 6.45) is -0.0577. The number of ketones is 1. The molecule has 0 heterocycles. The van der Waals surface area contributed by atoms with E-state index in [1.54, 1.807) is 0 Å². The molecule has 0 spiro atoms. The van der Waals surface area contributed by atoms with Crippen molar-refractivity contribution in [1.29, 1.82) is 0 Å². The number of halogens is 2. The van der Waals surface area contributed by atoms with Gasteiger partial charge in [-0.25, -0.2) is 8.78 Å². The van der Waals surface area contributed by atoms with E-state index in [1.807, 2.05) is 0 Å². The van der Waals surface area contributed by atoms with Gasteiger partial charge in [0.25, 0.3) is 0 Å². The highest BCUT2D eigenvalue weighted by atomic mass is 19.1. The Morgan fingerprint density at radius 1 is 1.33 bits per heavy atom. The molecule has 1 rings (SSSR count). The first-order valence-corrected chi connectivity index (χ1v) is 3.09. The monoisotopic (exact) mass is 170 g/mol. The van der Waals surface area contributed by atoms with Gasteiger partial charge in [-0.1, -0.05) is 0 Å². The number of Topliss-reactive ketones (excluding diaryl/α,β-unsaturated/α-hetero) is 1. The maximum Gasteiger partial charge on any atom is 0.228 e. The van der Waals surface area contributed by atoms with E-state index < -0.39 is 23.0 Å². The maximum absolute atomic E-state index is 12.7. The zero-order chi connectivity index (χ0) is 9.14. The summed E-state index contributed by atoms with van der Waals surface area (Å²) in [4.78, 5) is 20.5. The molecule has 0 aromatic heterocycles. The fourth-order valence-electron chi connectivity index (χ4n) is 0.750. The minimum absolute atomic E-state index is 0.0577. The Hall–Kier alpha value is -1.58. The Morgan fingerprint density at radius 2 is 2.00 bits per heavy atom. The minimum Gasteiger partial charge on any atom is -0.294 e. The van der Waals surface area contributed by atoms with Crippen LogP contribution in [0.1, 0.15) is 10.4 Å². The third-order valence-electron chi connectivity index (χ3n) is 1.30. The normalized spacial score (nSPS) is 9.50. The summed E-state index contributed by atoms with van der Waals surface area (Å²) in [7, 11) is 0. The number of carbonyl (C=O) groups is 2. The molecule has 0 aliphatic rings. The van der Waals surface area contributed by atoms with Gasteiger partial charge < -0.3 is 0 Å². The Kier molecular flexibility index (Phi) is 2.28. The van der Waals surface area contributed by atoms with Crippen LogP contribution in [-0.2, 0) is 4.79 Å². The lowest BCUT2D eigenvalue weighted by molar-refractivity contribution is -0.104. The minimum atomic E-state index is -1.06. The van der Waals surface area contributed by atoms with Crippen LogP contribution in [0.5, 0.6) is 0 Å². The number of rotatable bonds is 2. The van der Waals surface area contributed by atoms with Crippen LogP contribution in [0, 0.1) is 11.6 Å². The number of hydrogen-bond acceptors (Lipinski definition) is 2. The third kappa shape index (κ3) is 1.53. The predicted octanol–water partition coefficient (Wildman–Crippen LogP) is 1.35. The van der Waals surface area contributed by atoms with Crippen LogP contribution in [-0.4, -0.2) is 12.1 Å². The Labute approximate surface area is 66.8 Å². The summed E-state index contributed by atoms with van der Waals surface area (Å²) in [5, 5.41) is 0. The molecule has 0 fully saturated rings. The van der Waals surface area contributed by atoms with Crippen LogP contribution in [0.4, 0.5) is 8.78 Å². The Morgan fingerprint density at radius 3 is 2.58 bits per heavy atom. The number of hydrogen-bond donors (Lipinski definition) is 0.